The van der Waals surface area contributed by atoms with Gasteiger partial charge in [-0.1, -0.05) is 29.5 Å². The molecule has 1 N–H and O–H groups in total. The highest BCUT2D eigenvalue weighted by Gasteiger charge is 2.20. The van der Waals surface area contributed by atoms with Crippen LogP contribution >= 0.6 is 0 Å². The Hall–Kier alpha value is -2.01. The van der Waals surface area contributed by atoms with Crippen molar-refractivity contribution < 1.29 is 4.79 Å². The van der Waals surface area contributed by atoms with E-state index < -0.39 is 0 Å². The maximum atomic E-state index is 11.3. The number of nitrogens with zero attached hydrogens (tertiary/aromatic N) is 3. The van der Waals surface area contributed by atoms with Gasteiger partial charge in [-0.05, 0) is 19.9 Å². The average Bonchev–Trinajstić information content (AvgIpc) is 3.09. The summed E-state index contributed by atoms with van der Waals surface area (Å²) in [5.41, 5.74) is 2.77. The molecule has 98 valence electrons. The molecule has 1 saturated heterocycles. The van der Waals surface area contributed by atoms with E-state index in [2.05, 4.69) is 15.6 Å². The van der Waals surface area contributed by atoms with Crippen LogP contribution in [0.1, 0.15) is 29.7 Å². The van der Waals surface area contributed by atoms with E-state index in [1.54, 1.807) is 13.1 Å². The Balaban J connectivity index is 1.93. The first-order valence-electron chi connectivity index (χ1n) is 6.48. The highest BCUT2D eigenvalue weighted by Crippen LogP contribution is 2.24. The molecule has 0 bridgehead atoms. The standard InChI is InChI=1S/C14H16N4O/c1-10(19)11-2-4-12(5-3-11)14-9-16-17-18(14)13-6-7-15-8-13/h2-5,9,13,15H,6-8H2,1H3. The molecule has 0 saturated carbocycles. The zero-order valence-electron chi connectivity index (χ0n) is 10.8. The normalized spacial score (nSPS) is 18.7. The summed E-state index contributed by atoms with van der Waals surface area (Å²) in [6.45, 7) is 3.53. The number of ketones is 1. The largest absolute Gasteiger partial charge is 0.315 e. The SMILES string of the molecule is CC(=O)c1ccc(-c2cnnn2C2CCNC2)cc1. The van der Waals surface area contributed by atoms with Gasteiger partial charge in [0.1, 0.15) is 0 Å². The molecule has 1 unspecified atom stereocenters. The lowest BCUT2D eigenvalue weighted by Crippen LogP contribution is -2.15. The fraction of sp³-hybridized carbons (Fsp3) is 0.357. The second-order valence-corrected chi connectivity index (χ2v) is 4.84. The first-order chi connectivity index (χ1) is 9.25. The second-order valence-electron chi connectivity index (χ2n) is 4.84. The molecule has 1 atom stereocenters. The van der Waals surface area contributed by atoms with Crippen LogP contribution in [-0.4, -0.2) is 33.9 Å². The van der Waals surface area contributed by atoms with Crippen LogP contribution in [0.2, 0.25) is 0 Å². The highest BCUT2D eigenvalue weighted by atomic mass is 16.1. The number of aromatic nitrogens is 3. The number of nitrogens with one attached hydrogen (secondary N) is 1. The van der Waals surface area contributed by atoms with Crippen LogP contribution in [0.25, 0.3) is 11.3 Å². The fourth-order valence-corrected chi connectivity index (χ4v) is 2.44. The molecule has 0 amide bonds. The third kappa shape index (κ3) is 2.29. The lowest BCUT2D eigenvalue weighted by Gasteiger charge is -2.12. The Bertz CT molecular complexity index is 582. The minimum atomic E-state index is 0.0816. The number of hydrogen-bond donors (Lipinski definition) is 1. The molecule has 0 radical (unpaired) electrons. The molecule has 0 spiro atoms. The number of carbonyl (C=O) groups excluding carboxylic acids is 1. The maximum Gasteiger partial charge on any atom is 0.159 e. The smallest absolute Gasteiger partial charge is 0.159 e. The molecule has 3 rings (SSSR count). The number of carbonyl (C=O) groups is 1. The molecule has 1 aliphatic heterocycles. The van der Waals surface area contributed by atoms with Crippen LogP contribution in [0.15, 0.2) is 30.5 Å². The first-order valence-corrected chi connectivity index (χ1v) is 6.48. The van der Waals surface area contributed by atoms with Crippen molar-refractivity contribution in [3.8, 4) is 11.3 Å². The third-order valence-electron chi connectivity index (χ3n) is 3.54. The molecular weight excluding hydrogens is 240 g/mol. The van der Waals surface area contributed by atoms with Gasteiger partial charge >= 0.3 is 0 Å². The number of benzene rings is 1. The van der Waals surface area contributed by atoms with Crippen molar-refractivity contribution in [1.29, 1.82) is 0 Å². The Morgan fingerprint density at radius 3 is 2.79 bits per heavy atom. The van der Waals surface area contributed by atoms with Crippen LogP contribution in [0.4, 0.5) is 0 Å². The van der Waals surface area contributed by atoms with Crippen molar-refractivity contribution in [2.24, 2.45) is 0 Å². The topological polar surface area (TPSA) is 59.8 Å². The van der Waals surface area contributed by atoms with Gasteiger partial charge in [-0.2, -0.15) is 0 Å². The Morgan fingerprint density at radius 2 is 2.16 bits per heavy atom. The minimum absolute atomic E-state index is 0.0816. The molecule has 1 fully saturated rings. The van der Waals surface area contributed by atoms with Gasteiger partial charge in [0, 0.05) is 17.7 Å². The molecule has 1 aliphatic rings. The lowest BCUT2D eigenvalue weighted by molar-refractivity contribution is 0.101. The van der Waals surface area contributed by atoms with Gasteiger partial charge in [-0.15, -0.1) is 5.10 Å². The van der Waals surface area contributed by atoms with Crippen molar-refractivity contribution in [2.45, 2.75) is 19.4 Å². The van der Waals surface area contributed by atoms with E-state index in [-0.39, 0.29) is 5.78 Å². The summed E-state index contributed by atoms with van der Waals surface area (Å²) >= 11 is 0. The van der Waals surface area contributed by atoms with Gasteiger partial charge in [-0.3, -0.25) is 4.79 Å². The second kappa shape index (κ2) is 4.93. The molecule has 5 nitrogen and oxygen atoms in total. The molecule has 1 aromatic heterocycles. The molecule has 19 heavy (non-hydrogen) atoms. The summed E-state index contributed by atoms with van der Waals surface area (Å²) in [4.78, 5) is 11.3. The van der Waals surface area contributed by atoms with Crippen molar-refractivity contribution in [3.05, 3.63) is 36.0 Å². The molecule has 2 heterocycles. The Labute approximate surface area is 111 Å². The van der Waals surface area contributed by atoms with E-state index in [9.17, 15) is 4.79 Å². The van der Waals surface area contributed by atoms with Gasteiger partial charge in [-0.25, -0.2) is 4.68 Å². The van der Waals surface area contributed by atoms with Gasteiger partial charge in [0.2, 0.25) is 0 Å². The van der Waals surface area contributed by atoms with Crippen molar-refractivity contribution in [3.63, 3.8) is 0 Å². The van der Waals surface area contributed by atoms with Gasteiger partial charge in [0.15, 0.2) is 5.78 Å². The third-order valence-corrected chi connectivity index (χ3v) is 3.54. The zero-order valence-corrected chi connectivity index (χ0v) is 10.8. The number of rotatable bonds is 3. The summed E-state index contributed by atoms with van der Waals surface area (Å²) in [7, 11) is 0. The van der Waals surface area contributed by atoms with E-state index in [0.29, 0.717) is 6.04 Å². The van der Waals surface area contributed by atoms with Gasteiger partial charge in [0.05, 0.1) is 17.9 Å². The predicted molar refractivity (Wildman–Crippen MR) is 72.0 cm³/mol. The van der Waals surface area contributed by atoms with Crippen LogP contribution < -0.4 is 5.32 Å². The average molecular weight is 256 g/mol. The van der Waals surface area contributed by atoms with Crippen molar-refractivity contribution in [2.75, 3.05) is 13.1 Å². The number of Topliss-reactive ketones (excluding diaryl/α,β-unsaturated/α-hetero) is 1. The highest BCUT2D eigenvalue weighted by molar-refractivity contribution is 5.94. The van der Waals surface area contributed by atoms with Crippen molar-refractivity contribution in [1.82, 2.24) is 20.3 Å². The number of hydrogen-bond acceptors (Lipinski definition) is 4. The Kier molecular flexibility index (Phi) is 3.13. The quantitative estimate of drug-likeness (QED) is 0.849. The maximum absolute atomic E-state index is 11.3. The van der Waals surface area contributed by atoms with Gasteiger partial charge < -0.3 is 5.32 Å². The monoisotopic (exact) mass is 256 g/mol. The molecule has 0 aliphatic carbocycles. The fourth-order valence-electron chi connectivity index (χ4n) is 2.44. The lowest BCUT2D eigenvalue weighted by atomic mass is 10.1. The van der Waals surface area contributed by atoms with Crippen LogP contribution in [0, 0.1) is 0 Å². The van der Waals surface area contributed by atoms with E-state index >= 15 is 0 Å². The van der Waals surface area contributed by atoms with Crippen molar-refractivity contribution >= 4 is 5.78 Å². The van der Waals surface area contributed by atoms with Gasteiger partial charge in [0.25, 0.3) is 0 Å². The van der Waals surface area contributed by atoms with E-state index in [1.165, 1.54) is 0 Å². The van der Waals surface area contributed by atoms with E-state index in [0.717, 1.165) is 36.3 Å². The van der Waals surface area contributed by atoms with Crippen LogP contribution in [0.5, 0.6) is 0 Å². The zero-order chi connectivity index (χ0) is 13.2. The first kappa shape index (κ1) is 12.0. The molecule has 2 aromatic rings. The predicted octanol–water partition coefficient (Wildman–Crippen LogP) is 1.68. The minimum Gasteiger partial charge on any atom is -0.315 e. The summed E-state index contributed by atoms with van der Waals surface area (Å²) in [6.07, 6.45) is 2.85. The van der Waals surface area contributed by atoms with Crippen LogP contribution in [-0.2, 0) is 0 Å². The summed E-state index contributed by atoms with van der Waals surface area (Å²) in [5.74, 6) is 0.0816. The summed E-state index contributed by atoms with van der Waals surface area (Å²) in [5, 5.41) is 11.5. The summed E-state index contributed by atoms with van der Waals surface area (Å²) in [6, 6.07) is 7.97. The molecule has 5 heteroatoms. The molecule has 1 aromatic carbocycles. The molecular formula is C14H16N4O. The van der Waals surface area contributed by atoms with Crippen LogP contribution in [0.3, 0.4) is 0 Å². The van der Waals surface area contributed by atoms with E-state index in [1.807, 2.05) is 28.9 Å². The summed E-state index contributed by atoms with van der Waals surface area (Å²) < 4.78 is 1.97. The van der Waals surface area contributed by atoms with E-state index in [4.69, 9.17) is 0 Å². The Morgan fingerprint density at radius 1 is 1.37 bits per heavy atom.